The molecule has 0 spiro atoms. The highest BCUT2D eigenvalue weighted by molar-refractivity contribution is 5.46. The molecule has 138 valence electrons. The van der Waals surface area contributed by atoms with E-state index >= 15 is 0 Å². The summed E-state index contributed by atoms with van der Waals surface area (Å²) >= 11 is 0. The van der Waals surface area contributed by atoms with Crippen molar-refractivity contribution in [2.24, 2.45) is 0 Å². The molecule has 0 amide bonds. The van der Waals surface area contributed by atoms with Gasteiger partial charge in [-0.1, -0.05) is 18.2 Å². The summed E-state index contributed by atoms with van der Waals surface area (Å²) in [5.41, 5.74) is 2.12. The summed E-state index contributed by atoms with van der Waals surface area (Å²) in [5.74, 6) is 2.58. The number of hydrogen-bond donors (Lipinski definition) is 2. The standard InChI is InChI=1S/C20H19FN4O2/c21-16-4-1-14(2-5-16)7-9-22-19-8-10-23-20(25-19)24-12-15-3-6-17-18(11-15)27-13-26-17/h1-6,8,10-11H,7,9,12-13H2,(H2,22,23,24,25). The molecule has 1 aliphatic heterocycles. The van der Waals surface area contributed by atoms with Gasteiger partial charge in [0.15, 0.2) is 11.5 Å². The average Bonchev–Trinajstić information content (AvgIpc) is 3.16. The fourth-order valence-corrected chi connectivity index (χ4v) is 2.76. The van der Waals surface area contributed by atoms with E-state index in [4.69, 9.17) is 9.47 Å². The Hall–Kier alpha value is -3.35. The van der Waals surface area contributed by atoms with Gasteiger partial charge in [0.25, 0.3) is 0 Å². The Bertz CT molecular complexity index is 918. The van der Waals surface area contributed by atoms with Gasteiger partial charge in [0.05, 0.1) is 0 Å². The molecule has 7 heteroatoms. The Labute approximate surface area is 156 Å². The number of rotatable bonds is 7. The van der Waals surface area contributed by atoms with Gasteiger partial charge in [-0.15, -0.1) is 0 Å². The molecule has 0 aliphatic carbocycles. The summed E-state index contributed by atoms with van der Waals surface area (Å²) in [5, 5.41) is 6.47. The molecule has 1 aromatic heterocycles. The molecule has 0 atom stereocenters. The van der Waals surface area contributed by atoms with E-state index in [1.807, 2.05) is 24.3 Å². The summed E-state index contributed by atoms with van der Waals surface area (Å²) in [6.45, 7) is 1.54. The molecule has 0 saturated heterocycles. The number of hydrogen-bond acceptors (Lipinski definition) is 6. The van der Waals surface area contributed by atoms with Crippen LogP contribution in [0.3, 0.4) is 0 Å². The fourth-order valence-electron chi connectivity index (χ4n) is 2.76. The van der Waals surface area contributed by atoms with E-state index in [1.165, 1.54) is 12.1 Å². The van der Waals surface area contributed by atoms with Crippen LogP contribution in [-0.2, 0) is 13.0 Å². The lowest BCUT2D eigenvalue weighted by atomic mass is 10.1. The smallest absolute Gasteiger partial charge is 0.231 e. The zero-order valence-corrected chi connectivity index (χ0v) is 14.6. The van der Waals surface area contributed by atoms with Crippen molar-refractivity contribution in [1.82, 2.24) is 9.97 Å². The second-order valence-electron chi connectivity index (χ2n) is 6.11. The van der Waals surface area contributed by atoms with E-state index in [1.54, 1.807) is 18.3 Å². The summed E-state index contributed by atoms with van der Waals surface area (Å²) in [6, 6.07) is 14.1. The zero-order chi connectivity index (χ0) is 18.5. The number of fused-ring (bicyclic) bond motifs is 1. The molecule has 0 fully saturated rings. The van der Waals surface area contributed by atoms with Crippen molar-refractivity contribution >= 4 is 11.8 Å². The maximum absolute atomic E-state index is 12.9. The summed E-state index contributed by atoms with van der Waals surface area (Å²) < 4.78 is 23.6. The van der Waals surface area contributed by atoms with Crippen LogP contribution in [0, 0.1) is 5.82 Å². The Kier molecular flexibility index (Phi) is 5.00. The molecule has 6 nitrogen and oxygen atoms in total. The molecule has 0 saturated carbocycles. The number of nitrogens with one attached hydrogen (secondary N) is 2. The minimum absolute atomic E-state index is 0.222. The summed E-state index contributed by atoms with van der Waals surface area (Å²) in [6.07, 6.45) is 2.49. The first-order valence-corrected chi connectivity index (χ1v) is 8.70. The lowest BCUT2D eigenvalue weighted by molar-refractivity contribution is 0.174. The fraction of sp³-hybridized carbons (Fsp3) is 0.200. The number of nitrogens with zero attached hydrogens (tertiary/aromatic N) is 2. The molecular formula is C20H19FN4O2. The van der Waals surface area contributed by atoms with Gasteiger partial charge in [-0.05, 0) is 47.9 Å². The lowest BCUT2D eigenvalue weighted by Crippen LogP contribution is -2.09. The topological polar surface area (TPSA) is 68.3 Å². The van der Waals surface area contributed by atoms with Gasteiger partial charge < -0.3 is 20.1 Å². The van der Waals surface area contributed by atoms with Crippen LogP contribution in [0.25, 0.3) is 0 Å². The first kappa shape index (κ1) is 17.1. The van der Waals surface area contributed by atoms with Gasteiger partial charge in [0, 0.05) is 19.3 Å². The predicted molar refractivity (Wildman–Crippen MR) is 101 cm³/mol. The van der Waals surface area contributed by atoms with Gasteiger partial charge in [0.2, 0.25) is 12.7 Å². The van der Waals surface area contributed by atoms with E-state index in [0.29, 0.717) is 19.0 Å². The minimum Gasteiger partial charge on any atom is -0.454 e. The molecule has 1 aliphatic rings. The van der Waals surface area contributed by atoms with Crippen LogP contribution >= 0.6 is 0 Å². The maximum Gasteiger partial charge on any atom is 0.231 e. The van der Waals surface area contributed by atoms with Crippen molar-refractivity contribution in [3.8, 4) is 11.5 Å². The van der Waals surface area contributed by atoms with Gasteiger partial charge in [0.1, 0.15) is 11.6 Å². The molecular weight excluding hydrogens is 347 g/mol. The molecule has 3 aromatic rings. The predicted octanol–water partition coefficient (Wildman–Crippen LogP) is 3.61. The Morgan fingerprint density at radius 1 is 0.926 bits per heavy atom. The van der Waals surface area contributed by atoms with Crippen LogP contribution < -0.4 is 20.1 Å². The number of aromatic nitrogens is 2. The third-order valence-corrected chi connectivity index (χ3v) is 4.18. The Balaban J connectivity index is 1.30. The summed E-state index contributed by atoms with van der Waals surface area (Å²) in [7, 11) is 0. The molecule has 2 heterocycles. The van der Waals surface area contributed by atoms with Crippen LogP contribution in [0.15, 0.2) is 54.7 Å². The SMILES string of the molecule is Fc1ccc(CCNc2ccnc(NCc3ccc4c(c3)OCO4)n2)cc1. The normalized spacial score (nSPS) is 12.0. The van der Waals surface area contributed by atoms with Crippen LogP contribution in [0.2, 0.25) is 0 Å². The highest BCUT2D eigenvalue weighted by Gasteiger charge is 2.13. The van der Waals surface area contributed by atoms with Crippen molar-refractivity contribution < 1.29 is 13.9 Å². The van der Waals surface area contributed by atoms with Gasteiger partial charge in [-0.2, -0.15) is 4.98 Å². The molecule has 2 N–H and O–H groups in total. The number of ether oxygens (including phenoxy) is 2. The third kappa shape index (κ3) is 4.44. The minimum atomic E-state index is -0.222. The van der Waals surface area contributed by atoms with E-state index in [0.717, 1.165) is 34.9 Å². The highest BCUT2D eigenvalue weighted by atomic mass is 19.1. The van der Waals surface area contributed by atoms with Gasteiger partial charge in [-0.3, -0.25) is 0 Å². The Morgan fingerprint density at radius 2 is 1.74 bits per heavy atom. The first-order chi connectivity index (χ1) is 13.3. The third-order valence-electron chi connectivity index (χ3n) is 4.18. The zero-order valence-electron chi connectivity index (χ0n) is 14.6. The average molecular weight is 366 g/mol. The molecule has 0 bridgehead atoms. The quantitative estimate of drug-likeness (QED) is 0.666. The van der Waals surface area contributed by atoms with E-state index < -0.39 is 0 Å². The van der Waals surface area contributed by atoms with Crippen LogP contribution in [0.5, 0.6) is 11.5 Å². The molecule has 0 radical (unpaired) electrons. The Morgan fingerprint density at radius 3 is 2.63 bits per heavy atom. The molecule has 0 unspecified atom stereocenters. The van der Waals surface area contributed by atoms with Crippen molar-refractivity contribution in [2.45, 2.75) is 13.0 Å². The monoisotopic (exact) mass is 366 g/mol. The number of benzene rings is 2. The van der Waals surface area contributed by atoms with Crippen molar-refractivity contribution in [2.75, 3.05) is 24.0 Å². The lowest BCUT2D eigenvalue weighted by Gasteiger charge is -2.09. The maximum atomic E-state index is 12.9. The van der Waals surface area contributed by atoms with Crippen LogP contribution in [-0.4, -0.2) is 23.3 Å². The number of halogens is 1. The van der Waals surface area contributed by atoms with Crippen LogP contribution in [0.4, 0.5) is 16.2 Å². The second kappa shape index (κ2) is 7.90. The second-order valence-corrected chi connectivity index (χ2v) is 6.11. The molecule has 27 heavy (non-hydrogen) atoms. The van der Waals surface area contributed by atoms with Gasteiger partial charge >= 0.3 is 0 Å². The van der Waals surface area contributed by atoms with Crippen LogP contribution in [0.1, 0.15) is 11.1 Å². The number of anilines is 2. The molecule has 2 aromatic carbocycles. The highest BCUT2D eigenvalue weighted by Crippen LogP contribution is 2.32. The van der Waals surface area contributed by atoms with E-state index in [2.05, 4.69) is 20.6 Å². The van der Waals surface area contributed by atoms with E-state index in [9.17, 15) is 4.39 Å². The van der Waals surface area contributed by atoms with E-state index in [-0.39, 0.29) is 12.6 Å². The van der Waals surface area contributed by atoms with Gasteiger partial charge in [-0.25, -0.2) is 9.37 Å². The molecule has 4 rings (SSSR count). The van der Waals surface area contributed by atoms with Crippen molar-refractivity contribution in [1.29, 1.82) is 0 Å². The van der Waals surface area contributed by atoms with Crippen molar-refractivity contribution in [3.63, 3.8) is 0 Å². The summed E-state index contributed by atoms with van der Waals surface area (Å²) in [4.78, 5) is 8.70. The van der Waals surface area contributed by atoms with Crippen molar-refractivity contribution in [3.05, 3.63) is 71.7 Å². The largest absolute Gasteiger partial charge is 0.454 e. The first-order valence-electron chi connectivity index (χ1n) is 8.70.